The molecule has 0 N–H and O–H groups in total. The van der Waals surface area contributed by atoms with Crippen LogP contribution in [0.15, 0.2) is 0 Å². The van der Waals surface area contributed by atoms with Crippen molar-refractivity contribution in [3.05, 3.63) is 0 Å². The van der Waals surface area contributed by atoms with Gasteiger partial charge in [0, 0.05) is 20.3 Å². The molecular weight excluding hydrogens is 232 g/mol. The first-order valence-corrected chi connectivity index (χ1v) is 9.20. The summed E-state index contributed by atoms with van der Waals surface area (Å²) < 4.78 is 16.6. The van der Waals surface area contributed by atoms with Gasteiger partial charge in [-0.25, -0.2) is 0 Å². The third-order valence-corrected chi connectivity index (χ3v) is 6.65. The maximum Gasteiger partial charge on any atom is 0.178 e. The first kappa shape index (κ1) is 13.5. The Morgan fingerprint density at radius 2 is 2.12 bits per heavy atom. The number of ether oxygens (including phenoxy) is 2. The van der Waals surface area contributed by atoms with Gasteiger partial charge in [0.2, 0.25) is 0 Å². The Hall–Kier alpha value is 0.0969. The lowest BCUT2D eigenvalue weighted by Crippen LogP contribution is -2.21. The van der Waals surface area contributed by atoms with Crippen LogP contribution in [0.5, 0.6) is 0 Å². The van der Waals surface area contributed by atoms with Crippen LogP contribution in [0.2, 0.25) is 12.1 Å². The molecule has 4 heteroatoms. The van der Waals surface area contributed by atoms with E-state index in [0.717, 1.165) is 19.1 Å². The molecule has 3 nitrogen and oxygen atoms in total. The molecule has 1 aliphatic heterocycles. The molecule has 0 spiro atoms. The van der Waals surface area contributed by atoms with Gasteiger partial charge in [0.25, 0.3) is 0 Å². The van der Waals surface area contributed by atoms with Gasteiger partial charge in [0.1, 0.15) is 0 Å². The summed E-state index contributed by atoms with van der Waals surface area (Å²) in [6, 6.07) is 2.48. The average molecular weight is 258 g/mol. The highest BCUT2D eigenvalue weighted by molar-refractivity contribution is 6.51. The summed E-state index contributed by atoms with van der Waals surface area (Å²) in [4.78, 5) is 0. The molecule has 1 aliphatic carbocycles. The predicted molar refractivity (Wildman–Crippen MR) is 70.9 cm³/mol. The van der Waals surface area contributed by atoms with Crippen LogP contribution in [0.3, 0.4) is 0 Å². The number of hydrogen-bond acceptors (Lipinski definition) is 3. The lowest BCUT2D eigenvalue weighted by Gasteiger charge is -2.21. The minimum atomic E-state index is -0.988. The number of fused-ring (bicyclic) bond motifs is 1. The minimum Gasteiger partial charge on any atom is -0.423 e. The van der Waals surface area contributed by atoms with Crippen LogP contribution in [-0.4, -0.2) is 41.6 Å². The number of epoxide rings is 1. The fourth-order valence-corrected chi connectivity index (χ4v) is 4.94. The summed E-state index contributed by atoms with van der Waals surface area (Å²) in [7, 11) is 0.891. The highest BCUT2D eigenvalue weighted by Crippen LogP contribution is 2.41. The van der Waals surface area contributed by atoms with E-state index in [4.69, 9.17) is 13.9 Å². The second-order valence-electron chi connectivity index (χ2n) is 5.31. The fourth-order valence-electron chi connectivity index (χ4n) is 2.91. The Kier molecular flexibility index (Phi) is 5.47. The highest BCUT2D eigenvalue weighted by Gasteiger charge is 2.43. The molecule has 2 aliphatic rings. The maximum atomic E-state index is 5.65. The van der Waals surface area contributed by atoms with Gasteiger partial charge in [0.05, 0.1) is 12.2 Å². The zero-order valence-corrected chi connectivity index (χ0v) is 12.3. The van der Waals surface area contributed by atoms with E-state index in [1.54, 1.807) is 0 Å². The Morgan fingerprint density at radius 1 is 1.24 bits per heavy atom. The molecule has 4 unspecified atom stereocenters. The standard InChI is InChI=1S/C13H26O3Si/c1-3-15-7-9-17(14-2)8-6-11-4-5-12-13(10-11)16-12/h11-13,17H,3-10H2,1-2H3. The van der Waals surface area contributed by atoms with E-state index in [0.29, 0.717) is 12.2 Å². The van der Waals surface area contributed by atoms with Crippen molar-refractivity contribution in [1.29, 1.82) is 0 Å². The molecule has 0 aromatic rings. The van der Waals surface area contributed by atoms with E-state index in [9.17, 15) is 0 Å². The summed E-state index contributed by atoms with van der Waals surface area (Å²) in [6.45, 7) is 3.77. The van der Waals surface area contributed by atoms with Gasteiger partial charge in [-0.1, -0.05) is 6.42 Å². The van der Waals surface area contributed by atoms with Crippen LogP contribution in [0, 0.1) is 5.92 Å². The van der Waals surface area contributed by atoms with Crippen molar-refractivity contribution in [2.45, 2.75) is 56.9 Å². The normalized spacial score (nSPS) is 33.2. The third kappa shape index (κ3) is 4.36. The summed E-state index contributed by atoms with van der Waals surface area (Å²) in [5.41, 5.74) is 0. The lowest BCUT2D eigenvalue weighted by molar-refractivity contribution is 0.158. The van der Waals surface area contributed by atoms with Gasteiger partial charge in [-0.2, -0.15) is 0 Å². The first-order chi connectivity index (χ1) is 8.33. The Bertz CT molecular complexity index is 225. The van der Waals surface area contributed by atoms with Gasteiger partial charge in [-0.3, -0.25) is 0 Å². The van der Waals surface area contributed by atoms with Crippen molar-refractivity contribution in [3.8, 4) is 0 Å². The molecule has 2 rings (SSSR count). The molecule has 1 heterocycles. The van der Waals surface area contributed by atoms with Crippen LogP contribution >= 0.6 is 0 Å². The van der Waals surface area contributed by atoms with E-state index in [-0.39, 0.29) is 0 Å². The molecule has 0 bridgehead atoms. The van der Waals surface area contributed by atoms with Crippen molar-refractivity contribution in [2.24, 2.45) is 5.92 Å². The Labute approximate surface area is 107 Å². The van der Waals surface area contributed by atoms with Crippen molar-refractivity contribution >= 4 is 9.04 Å². The number of rotatable bonds is 8. The van der Waals surface area contributed by atoms with E-state index < -0.39 is 9.04 Å². The zero-order chi connectivity index (χ0) is 12.1. The molecule has 0 radical (unpaired) electrons. The van der Waals surface area contributed by atoms with Gasteiger partial charge >= 0.3 is 0 Å². The van der Waals surface area contributed by atoms with Crippen molar-refractivity contribution < 1.29 is 13.9 Å². The molecular formula is C13H26O3Si. The van der Waals surface area contributed by atoms with Crippen molar-refractivity contribution in [2.75, 3.05) is 20.3 Å². The van der Waals surface area contributed by atoms with Gasteiger partial charge in [0.15, 0.2) is 9.04 Å². The highest BCUT2D eigenvalue weighted by atomic mass is 28.3. The van der Waals surface area contributed by atoms with E-state index in [2.05, 4.69) is 6.92 Å². The largest absolute Gasteiger partial charge is 0.423 e. The molecule has 100 valence electrons. The second kappa shape index (κ2) is 6.88. The third-order valence-electron chi connectivity index (χ3n) is 4.13. The Morgan fingerprint density at radius 3 is 2.82 bits per heavy atom. The average Bonchev–Trinajstić information content (AvgIpc) is 3.12. The SMILES string of the molecule is CCOCC[SiH](CCC1CCC2OC2C1)OC. The van der Waals surface area contributed by atoms with Gasteiger partial charge in [-0.15, -0.1) is 0 Å². The molecule has 1 saturated heterocycles. The first-order valence-electron chi connectivity index (χ1n) is 7.09. The molecule has 1 saturated carbocycles. The molecule has 0 amide bonds. The monoisotopic (exact) mass is 258 g/mol. The maximum absolute atomic E-state index is 5.65. The van der Waals surface area contributed by atoms with Crippen molar-refractivity contribution in [3.63, 3.8) is 0 Å². The van der Waals surface area contributed by atoms with Gasteiger partial charge in [-0.05, 0) is 44.2 Å². The van der Waals surface area contributed by atoms with Crippen LogP contribution in [0.4, 0.5) is 0 Å². The summed E-state index contributed by atoms with van der Waals surface area (Å²) in [5, 5.41) is 0. The molecule has 2 fully saturated rings. The Balaban J connectivity index is 1.58. The topological polar surface area (TPSA) is 31.0 Å². The van der Waals surface area contributed by atoms with E-state index in [1.165, 1.54) is 37.8 Å². The van der Waals surface area contributed by atoms with Crippen LogP contribution in [-0.2, 0) is 13.9 Å². The van der Waals surface area contributed by atoms with Crippen molar-refractivity contribution in [1.82, 2.24) is 0 Å². The summed E-state index contributed by atoms with van der Waals surface area (Å²) in [6.07, 6.45) is 6.59. The van der Waals surface area contributed by atoms with E-state index >= 15 is 0 Å². The summed E-state index contributed by atoms with van der Waals surface area (Å²) >= 11 is 0. The van der Waals surface area contributed by atoms with Crippen LogP contribution in [0.25, 0.3) is 0 Å². The molecule has 17 heavy (non-hydrogen) atoms. The lowest BCUT2D eigenvalue weighted by atomic mass is 9.88. The minimum absolute atomic E-state index is 0.625. The fraction of sp³-hybridized carbons (Fsp3) is 1.00. The van der Waals surface area contributed by atoms with Crippen LogP contribution in [0.1, 0.15) is 32.6 Å². The quantitative estimate of drug-likeness (QED) is 0.380. The zero-order valence-electron chi connectivity index (χ0n) is 11.2. The smallest absolute Gasteiger partial charge is 0.178 e. The van der Waals surface area contributed by atoms with Crippen LogP contribution < -0.4 is 0 Å². The molecule has 4 atom stereocenters. The predicted octanol–water partition coefficient (Wildman–Crippen LogP) is 2.35. The summed E-state index contributed by atoms with van der Waals surface area (Å²) in [5.74, 6) is 0.899. The van der Waals surface area contributed by atoms with E-state index in [1.807, 2.05) is 7.11 Å². The number of hydrogen-bond donors (Lipinski definition) is 0. The van der Waals surface area contributed by atoms with Gasteiger partial charge < -0.3 is 13.9 Å². The molecule has 0 aromatic carbocycles. The molecule has 0 aromatic heterocycles. The second-order valence-corrected chi connectivity index (χ2v) is 8.18.